The molecule has 3 rings (SSSR count). The zero-order valence-corrected chi connectivity index (χ0v) is 12.4. The van der Waals surface area contributed by atoms with Gasteiger partial charge in [-0.05, 0) is 18.9 Å². The van der Waals surface area contributed by atoms with E-state index in [9.17, 15) is 13.6 Å². The first kappa shape index (κ1) is 15.3. The van der Waals surface area contributed by atoms with E-state index in [4.69, 9.17) is 0 Å². The van der Waals surface area contributed by atoms with Crippen LogP contribution in [0, 0.1) is 11.6 Å². The zero-order chi connectivity index (χ0) is 16.2. The first-order valence-corrected chi connectivity index (χ1v) is 7.39. The molecule has 1 saturated heterocycles. The molecule has 1 aliphatic heterocycles. The fourth-order valence-corrected chi connectivity index (χ4v) is 2.64. The largest absolute Gasteiger partial charge is 0.357 e. The van der Waals surface area contributed by atoms with Crippen LogP contribution in [0.2, 0.25) is 0 Å². The third-order valence-electron chi connectivity index (χ3n) is 3.79. The Balaban J connectivity index is 1.69. The molecule has 0 bridgehead atoms. The number of likely N-dealkylation sites (tertiary alicyclic amines) is 1. The molecule has 0 saturated carbocycles. The maximum Gasteiger partial charge on any atom is 0.245 e. The summed E-state index contributed by atoms with van der Waals surface area (Å²) in [5, 5.41) is 3.05. The Labute approximate surface area is 132 Å². The van der Waals surface area contributed by atoms with Crippen LogP contribution in [-0.4, -0.2) is 33.4 Å². The Morgan fingerprint density at radius 1 is 1.30 bits per heavy atom. The number of halogens is 2. The van der Waals surface area contributed by atoms with E-state index < -0.39 is 17.7 Å². The molecular weight excluding hydrogens is 302 g/mol. The normalized spacial score (nSPS) is 18.1. The van der Waals surface area contributed by atoms with Gasteiger partial charge in [-0.15, -0.1) is 0 Å². The summed E-state index contributed by atoms with van der Waals surface area (Å²) in [4.78, 5) is 22.1. The standard InChI is InChI=1S/C16H16F2N4O/c17-12-4-3-11(13(18)8-12)10-22-7-1-2-14(16(22)23)21-15-9-19-5-6-20-15/h3-6,8-9,14H,1-2,7,10H2,(H,20,21)/t14-/m0/s1. The average molecular weight is 318 g/mol. The van der Waals surface area contributed by atoms with Gasteiger partial charge in [0.15, 0.2) is 0 Å². The topological polar surface area (TPSA) is 58.1 Å². The molecule has 0 unspecified atom stereocenters. The Bertz CT molecular complexity index is 696. The van der Waals surface area contributed by atoms with Crippen LogP contribution < -0.4 is 5.32 Å². The van der Waals surface area contributed by atoms with Crippen molar-refractivity contribution in [2.24, 2.45) is 0 Å². The summed E-state index contributed by atoms with van der Waals surface area (Å²) in [6.07, 6.45) is 6.12. The van der Waals surface area contributed by atoms with Gasteiger partial charge in [-0.3, -0.25) is 9.78 Å². The van der Waals surface area contributed by atoms with Crippen LogP contribution in [0.3, 0.4) is 0 Å². The van der Waals surface area contributed by atoms with Crippen molar-refractivity contribution in [2.45, 2.75) is 25.4 Å². The van der Waals surface area contributed by atoms with E-state index in [-0.39, 0.29) is 12.5 Å². The molecule has 120 valence electrons. The number of hydrogen-bond acceptors (Lipinski definition) is 4. The second-order valence-corrected chi connectivity index (χ2v) is 5.43. The van der Waals surface area contributed by atoms with Gasteiger partial charge in [-0.1, -0.05) is 6.07 Å². The van der Waals surface area contributed by atoms with Gasteiger partial charge < -0.3 is 10.2 Å². The summed E-state index contributed by atoms with van der Waals surface area (Å²) in [6, 6.07) is 2.99. The van der Waals surface area contributed by atoms with E-state index in [2.05, 4.69) is 15.3 Å². The smallest absolute Gasteiger partial charge is 0.245 e. The molecule has 5 nitrogen and oxygen atoms in total. The van der Waals surface area contributed by atoms with E-state index in [1.165, 1.54) is 12.1 Å². The van der Waals surface area contributed by atoms with Gasteiger partial charge in [0.1, 0.15) is 23.5 Å². The van der Waals surface area contributed by atoms with Crippen molar-refractivity contribution in [1.82, 2.24) is 14.9 Å². The summed E-state index contributed by atoms with van der Waals surface area (Å²) in [7, 11) is 0. The van der Waals surface area contributed by atoms with Gasteiger partial charge >= 0.3 is 0 Å². The number of benzene rings is 1. The van der Waals surface area contributed by atoms with Crippen LogP contribution in [-0.2, 0) is 11.3 Å². The molecule has 1 N–H and O–H groups in total. The second-order valence-electron chi connectivity index (χ2n) is 5.43. The van der Waals surface area contributed by atoms with Gasteiger partial charge in [-0.2, -0.15) is 0 Å². The van der Waals surface area contributed by atoms with E-state index in [1.807, 2.05) is 0 Å². The molecule has 7 heteroatoms. The monoisotopic (exact) mass is 318 g/mol. The van der Waals surface area contributed by atoms with Crippen LogP contribution in [0.5, 0.6) is 0 Å². The van der Waals surface area contributed by atoms with Crippen molar-refractivity contribution in [2.75, 3.05) is 11.9 Å². The summed E-state index contributed by atoms with van der Waals surface area (Å²) < 4.78 is 26.7. The van der Waals surface area contributed by atoms with E-state index in [1.54, 1.807) is 23.5 Å². The summed E-state index contributed by atoms with van der Waals surface area (Å²) >= 11 is 0. The number of nitrogens with one attached hydrogen (secondary N) is 1. The number of carbonyl (C=O) groups is 1. The van der Waals surface area contributed by atoms with Crippen LogP contribution in [0.4, 0.5) is 14.6 Å². The Morgan fingerprint density at radius 3 is 2.91 bits per heavy atom. The number of piperidine rings is 1. The molecule has 2 heterocycles. The van der Waals surface area contributed by atoms with Crippen LogP contribution >= 0.6 is 0 Å². The third-order valence-corrected chi connectivity index (χ3v) is 3.79. The molecule has 1 aromatic heterocycles. The van der Waals surface area contributed by atoms with Crippen molar-refractivity contribution in [3.63, 3.8) is 0 Å². The molecule has 0 radical (unpaired) electrons. The Kier molecular flexibility index (Phi) is 4.45. The number of hydrogen-bond donors (Lipinski definition) is 1. The molecule has 0 spiro atoms. The van der Waals surface area contributed by atoms with Gasteiger partial charge in [0, 0.05) is 37.1 Å². The number of carbonyl (C=O) groups excluding carboxylic acids is 1. The lowest BCUT2D eigenvalue weighted by molar-refractivity contribution is -0.134. The number of nitrogens with zero attached hydrogens (tertiary/aromatic N) is 3. The van der Waals surface area contributed by atoms with Crippen molar-refractivity contribution < 1.29 is 13.6 Å². The molecule has 1 amide bonds. The molecule has 0 aliphatic carbocycles. The van der Waals surface area contributed by atoms with Gasteiger partial charge in [0.2, 0.25) is 5.91 Å². The highest BCUT2D eigenvalue weighted by atomic mass is 19.1. The highest BCUT2D eigenvalue weighted by Crippen LogP contribution is 2.19. The minimum absolute atomic E-state index is 0.120. The highest BCUT2D eigenvalue weighted by molar-refractivity contribution is 5.85. The van der Waals surface area contributed by atoms with Gasteiger partial charge in [-0.25, -0.2) is 13.8 Å². The first-order chi connectivity index (χ1) is 11.1. The lowest BCUT2D eigenvalue weighted by atomic mass is 10.0. The van der Waals surface area contributed by atoms with Crippen molar-refractivity contribution >= 4 is 11.7 Å². The van der Waals surface area contributed by atoms with Crippen molar-refractivity contribution in [3.8, 4) is 0 Å². The number of amides is 1. The SMILES string of the molecule is O=C1[C@@H](Nc2cnccn2)CCCN1Cc1ccc(F)cc1F. The predicted molar refractivity (Wildman–Crippen MR) is 80.5 cm³/mol. The molecule has 1 aliphatic rings. The van der Waals surface area contributed by atoms with Crippen molar-refractivity contribution in [3.05, 3.63) is 54.0 Å². The number of rotatable bonds is 4. The summed E-state index contributed by atoms with van der Waals surface area (Å²) in [5.41, 5.74) is 0.305. The lowest BCUT2D eigenvalue weighted by Crippen LogP contribution is -2.47. The second kappa shape index (κ2) is 6.68. The van der Waals surface area contributed by atoms with Crippen molar-refractivity contribution in [1.29, 1.82) is 0 Å². The maximum absolute atomic E-state index is 13.8. The number of aromatic nitrogens is 2. The first-order valence-electron chi connectivity index (χ1n) is 7.39. The fourth-order valence-electron chi connectivity index (χ4n) is 2.64. The lowest BCUT2D eigenvalue weighted by Gasteiger charge is -2.33. The Hall–Kier alpha value is -2.57. The van der Waals surface area contributed by atoms with E-state index in [0.717, 1.165) is 12.5 Å². The minimum Gasteiger partial charge on any atom is -0.357 e. The fraction of sp³-hybridized carbons (Fsp3) is 0.312. The molecule has 23 heavy (non-hydrogen) atoms. The Morgan fingerprint density at radius 2 is 2.17 bits per heavy atom. The van der Waals surface area contributed by atoms with Crippen LogP contribution in [0.25, 0.3) is 0 Å². The third kappa shape index (κ3) is 3.61. The maximum atomic E-state index is 13.8. The van der Waals surface area contributed by atoms with Gasteiger partial charge in [0.25, 0.3) is 0 Å². The summed E-state index contributed by atoms with van der Waals surface area (Å²) in [5.74, 6) is -0.855. The van der Waals surface area contributed by atoms with E-state index >= 15 is 0 Å². The van der Waals surface area contributed by atoms with E-state index in [0.29, 0.717) is 24.3 Å². The summed E-state index contributed by atoms with van der Waals surface area (Å²) in [6.45, 7) is 0.678. The predicted octanol–water partition coefficient (Wildman–Crippen LogP) is 2.36. The number of anilines is 1. The quantitative estimate of drug-likeness (QED) is 0.940. The molecule has 1 aromatic carbocycles. The van der Waals surface area contributed by atoms with Gasteiger partial charge in [0.05, 0.1) is 6.20 Å². The molecular formula is C16H16F2N4O. The van der Waals surface area contributed by atoms with Crippen LogP contribution in [0.15, 0.2) is 36.8 Å². The molecule has 2 aromatic rings. The zero-order valence-electron chi connectivity index (χ0n) is 12.4. The van der Waals surface area contributed by atoms with Crippen LogP contribution in [0.1, 0.15) is 18.4 Å². The minimum atomic E-state index is -0.637. The molecule has 1 atom stereocenters. The molecule has 1 fully saturated rings. The average Bonchev–Trinajstić information content (AvgIpc) is 2.54. The highest BCUT2D eigenvalue weighted by Gasteiger charge is 2.29.